The van der Waals surface area contributed by atoms with Crippen molar-refractivity contribution in [3.8, 4) is 0 Å². The van der Waals surface area contributed by atoms with Crippen molar-refractivity contribution in [3.05, 3.63) is 11.6 Å². The number of rotatable bonds is 4. The largest absolute Gasteiger partial charge is 0.478 e. The minimum absolute atomic E-state index is 0.639. The molecule has 0 bridgehead atoms. The maximum absolute atomic E-state index is 10.6. The number of aliphatic carboxylic acids is 1. The molecule has 0 aromatic carbocycles. The Morgan fingerprint density at radius 1 is 1.44 bits per heavy atom. The second-order valence-electron chi connectivity index (χ2n) is 4.71. The third-order valence-electron chi connectivity index (χ3n) is 3.29. The van der Waals surface area contributed by atoms with Crippen molar-refractivity contribution >= 4 is 5.97 Å². The van der Waals surface area contributed by atoms with Gasteiger partial charge in [0, 0.05) is 18.7 Å². The van der Waals surface area contributed by atoms with Crippen LogP contribution in [0.2, 0.25) is 0 Å². The van der Waals surface area contributed by atoms with E-state index in [1.807, 2.05) is 6.92 Å². The third-order valence-corrected chi connectivity index (χ3v) is 3.29. The maximum Gasteiger partial charge on any atom is 0.328 e. The number of nitrogens with zero attached hydrogens (tertiary/aromatic N) is 1. The van der Waals surface area contributed by atoms with Crippen LogP contribution in [0.25, 0.3) is 0 Å². The fraction of sp³-hybridized carbons (Fsp3) is 0.769. The molecular weight excluding hydrogens is 202 g/mol. The Bertz CT molecular complexity index is 261. The second-order valence-corrected chi connectivity index (χ2v) is 4.71. The summed E-state index contributed by atoms with van der Waals surface area (Å²) < 4.78 is 0. The molecule has 3 nitrogen and oxygen atoms in total. The topological polar surface area (TPSA) is 40.5 Å². The van der Waals surface area contributed by atoms with Crippen molar-refractivity contribution in [1.82, 2.24) is 4.90 Å². The van der Waals surface area contributed by atoms with Gasteiger partial charge in [0.15, 0.2) is 0 Å². The monoisotopic (exact) mass is 225 g/mol. The molecule has 1 aliphatic heterocycles. The average Bonchev–Trinajstić information content (AvgIpc) is 2.41. The van der Waals surface area contributed by atoms with Gasteiger partial charge in [0.05, 0.1) is 0 Å². The van der Waals surface area contributed by atoms with Gasteiger partial charge in [0.1, 0.15) is 0 Å². The third kappa shape index (κ3) is 4.35. The van der Waals surface area contributed by atoms with Gasteiger partial charge in [-0.05, 0) is 32.7 Å². The molecule has 1 rings (SSSR count). The molecule has 0 amide bonds. The van der Waals surface area contributed by atoms with Crippen LogP contribution in [0.1, 0.15) is 46.0 Å². The Kier molecular flexibility index (Phi) is 5.53. The quantitative estimate of drug-likeness (QED) is 0.748. The first kappa shape index (κ1) is 13.2. The summed E-state index contributed by atoms with van der Waals surface area (Å²) in [6.45, 7) is 6.05. The SMILES string of the molecule is CCC1CCCCCN1CC(C)=CC(=O)O. The lowest BCUT2D eigenvalue weighted by atomic mass is 10.1. The fourth-order valence-electron chi connectivity index (χ4n) is 2.48. The van der Waals surface area contributed by atoms with Gasteiger partial charge in [0.2, 0.25) is 0 Å². The number of likely N-dealkylation sites (tertiary alicyclic amines) is 1. The summed E-state index contributed by atoms with van der Waals surface area (Å²) in [5, 5.41) is 8.70. The molecule has 1 unspecified atom stereocenters. The molecule has 1 aliphatic rings. The minimum Gasteiger partial charge on any atom is -0.478 e. The van der Waals surface area contributed by atoms with Gasteiger partial charge >= 0.3 is 5.97 Å². The lowest BCUT2D eigenvalue weighted by Crippen LogP contribution is -2.35. The molecule has 1 saturated heterocycles. The summed E-state index contributed by atoms with van der Waals surface area (Å²) in [4.78, 5) is 13.0. The highest BCUT2D eigenvalue weighted by Gasteiger charge is 2.19. The standard InChI is InChI=1S/C13H23NO2/c1-3-12-7-5-4-6-8-14(12)10-11(2)9-13(15)16/h9,12H,3-8,10H2,1-2H3,(H,15,16). The van der Waals surface area contributed by atoms with E-state index in [0.29, 0.717) is 6.04 Å². The van der Waals surface area contributed by atoms with E-state index in [1.165, 1.54) is 38.2 Å². The lowest BCUT2D eigenvalue weighted by Gasteiger charge is -2.29. The Morgan fingerprint density at radius 3 is 2.81 bits per heavy atom. The molecule has 1 N–H and O–H groups in total. The number of hydrogen-bond donors (Lipinski definition) is 1. The Balaban J connectivity index is 2.57. The van der Waals surface area contributed by atoms with Crippen LogP contribution in [0, 0.1) is 0 Å². The molecule has 0 spiro atoms. The molecule has 0 radical (unpaired) electrons. The van der Waals surface area contributed by atoms with Crippen LogP contribution >= 0.6 is 0 Å². The van der Waals surface area contributed by atoms with E-state index in [0.717, 1.165) is 18.7 Å². The summed E-state index contributed by atoms with van der Waals surface area (Å²) in [7, 11) is 0. The van der Waals surface area contributed by atoms with E-state index >= 15 is 0 Å². The average molecular weight is 225 g/mol. The molecule has 1 fully saturated rings. The van der Waals surface area contributed by atoms with E-state index in [4.69, 9.17) is 5.11 Å². The predicted octanol–water partition coefficient (Wildman–Crippen LogP) is 2.67. The second kappa shape index (κ2) is 6.69. The lowest BCUT2D eigenvalue weighted by molar-refractivity contribution is -0.131. The summed E-state index contributed by atoms with van der Waals surface area (Å²) in [5.41, 5.74) is 0.952. The van der Waals surface area contributed by atoms with Gasteiger partial charge in [-0.15, -0.1) is 0 Å². The van der Waals surface area contributed by atoms with Gasteiger partial charge in [0.25, 0.3) is 0 Å². The summed E-state index contributed by atoms with van der Waals surface area (Å²) in [6, 6.07) is 0.639. The van der Waals surface area contributed by atoms with Crippen LogP contribution < -0.4 is 0 Å². The molecule has 0 saturated carbocycles. The smallest absolute Gasteiger partial charge is 0.328 e. The van der Waals surface area contributed by atoms with Crippen LogP contribution in [-0.2, 0) is 4.79 Å². The highest BCUT2D eigenvalue weighted by molar-refractivity contribution is 5.80. The number of carbonyl (C=O) groups is 1. The van der Waals surface area contributed by atoms with Crippen molar-refractivity contribution in [2.24, 2.45) is 0 Å². The molecule has 1 atom stereocenters. The van der Waals surface area contributed by atoms with Crippen molar-refractivity contribution in [2.45, 2.75) is 52.0 Å². The zero-order chi connectivity index (χ0) is 12.0. The molecule has 1 heterocycles. The van der Waals surface area contributed by atoms with Crippen molar-refractivity contribution in [2.75, 3.05) is 13.1 Å². The van der Waals surface area contributed by atoms with Gasteiger partial charge in [-0.2, -0.15) is 0 Å². The zero-order valence-corrected chi connectivity index (χ0v) is 10.4. The number of hydrogen-bond acceptors (Lipinski definition) is 2. The van der Waals surface area contributed by atoms with Crippen molar-refractivity contribution in [3.63, 3.8) is 0 Å². The first-order valence-corrected chi connectivity index (χ1v) is 6.27. The molecule has 0 aromatic rings. The number of carboxylic acids is 1. The molecule has 92 valence electrons. The van der Waals surface area contributed by atoms with E-state index in [9.17, 15) is 4.79 Å². The van der Waals surface area contributed by atoms with E-state index < -0.39 is 5.97 Å². The molecule has 0 aliphatic carbocycles. The van der Waals surface area contributed by atoms with Crippen molar-refractivity contribution in [1.29, 1.82) is 0 Å². The van der Waals surface area contributed by atoms with Crippen LogP contribution in [-0.4, -0.2) is 35.1 Å². The van der Waals surface area contributed by atoms with Crippen LogP contribution in [0.5, 0.6) is 0 Å². The summed E-state index contributed by atoms with van der Waals surface area (Å²) in [5.74, 6) is -0.833. The normalized spacial score (nSPS) is 24.1. The van der Waals surface area contributed by atoms with Gasteiger partial charge < -0.3 is 5.11 Å². The molecule has 0 aromatic heterocycles. The zero-order valence-electron chi connectivity index (χ0n) is 10.4. The van der Waals surface area contributed by atoms with Crippen LogP contribution in [0.3, 0.4) is 0 Å². The van der Waals surface area contributed by atoms with E-state index in [2.05, 4.69) is 11.8 Å². The molecule has 16 heavy (non-hydrogen) atoms. The Labute approximate surface area is 98.1 Å². The van der Waals surface area contributed by atoms with Crippen LogP contribution in [0.15, 0.2) is 11.6 Å². The molecule has 3 heteroatoms. The van der Waals surface area contributed by atoms with Gasteiger partial charge in [-0.1, -0.05) is 25.3 Å². The summed E-state index contributed by atoms with van der Waals surface area (Å²) in [6.07, 6.45) is 7.64. The first-order chi connectivity index (χ1) is 7.63. The van der Waals surface area contributed by atoms with Crippen molar-refractivity contribution < 1.29 is 9.90 Å². The van der Waals surface area contributed by atoms with E-state index in [-0.39, 0.29) is 0 Å². The first-order valence-electron chi connectivity index (χ1n) is 6.27. The maximum atomic E-state index is 10.6. The van der Waals surface area contributed by atoms with Gasteiger partial charge in [-0.3, -0.25) is 4.90 Å². The Morgan fingerprint density at radius 2 is 2.19 bits per heavy atom. The van der Waals surface area contributed by atoms with Crippen LogP contribution in [0.4, 0.5) is 0 Å². The highest BCUT2D eigenvalue weighted by Crippen LogP contribution is 2.19. The minimum atomic E-state index is -0.833. The predicted molar refractivity (Wildman–Crippen MR) is 65.5 cm³/mol. The fourth-order valence-corrected chi connectivity index (χ4v) is 2.48. The highest BCUT2D eigenvalue weighted by atomic mass is 16.4. The van der Waals surface area contributed by atoms with Gasteiger partial charge in [-0.25, -0.2) is 4.79 Å². The Hall–Kier alpha value is -0.830. The molecular formula is C13H23NO2. The van der Waals surface area contributed by atoms with E-state index in [1.54, 1.807) is 0 Å². The number of carboxylic acid groups (broad SMARTS) is 1. The summed E-state index contributed by atoms with van der Waals surface area (Å²) >= 11 is 0.